The van der Waals surface area contributed by atoms with Gasteiger partial charge in [-0.2, -0.15) is 0 Å². The van der Waals surface area contributed by atoms with Crippen LogP contribution in [0.1, 0.15) is 26.3 Å². The Hall–Kier alpha value is -2.81. The number of halogens is 5. The van der Waals surface area contributed by atoms with Crippen molar-refractivity contribution in [1.82, 2.24) is 9.97 Å². The van der Waals surface area contributed by atoms with E-state index >= 15 is 0 Å². The van der Waals surface area contributed by atoms with E-state index in [1.54, 1.807) is 6.07 Å². The van der Waals surface area contributed by atoms with E-state index in [0.29, 0.717) is 6.29 Å². The van der Waals surface area contributed by atoms with Crippen LogP contribution in [0.25, 0.3) is 22.3 Å². The Morgan fingerprint density at radius 2 is 1.81 bits per heavy atom. The van der Waals surface area contributed by atoms with E-state index in [9.17, 15) is 18.4 Å². The fourth-order valence-corrected chi connectivity index (χ4v) is 4.50. The summed E-state index contributed by atoms with van der Waals surface area (Å²) in [5, 5.41) is 0.289. The summed E-state index contributed by atoms with van der Waals surface area (Å²) < 4.78 is 29.3. The lowest BCUT2D eigenvalue weighted by atomic mass is 9.97. The summed E-state index contributed by atoms with van der Waals surface area (Å²) in [6.45, 7) is 0. The van der Waals surface area contributed by atoms with Gasteiger partial charge in [0.05, 0.1) is 42.6 Å². The van der Waals surface area contributed by atoms with Crippen LogP contribution in [0.5, 0.6) is 0 Å². The van der Waals surface area contributed by atoms with Crippen LogP contribution in [0.4, 0.5) is 14.5 Å². The Morgan fingerprint density at radius 3 is 2.45 bits per heavy atom. The van der Waals surface area contributed by atoms with Crippen LogP contribution >= 0.6 is 39.1 Å². The van der Waals surface area contributed by atoms with E-state index in [4.69, 9.17) is 28.9 Å². The summed E-state index contributed by atoms with van der Waals surface area (Å²) in [5.41, 5.74) is 4.62. The van der Waals surface area contributed by atoms with E-state index in [1.807, 2.05) is 0 Å². The molecule has 2 aromatic heterocycles. The zero-order valence-corrected chi connectivity index (χ0v) is 18.4. The van der Waals surface area contributed by atoms with Crippen LogP contribution in [0.15, 0.2) is 41.0 Å². The molecule has 156 valence electrons. The van der Waals surface area contributed by atoms with E-state index in [0.717, 1.165) is 12.1 Å². The predicted molar refractivity (Wildman–Crippen MR) is 119 cm³/mol. The number of benzene rings is 2. The normalized spacial score (nSPS) is 11.1. The first-order chi connectivity index (χ1) is 14.8. The number of aldehydes is 1. The number of anilines is 1. The average Bonchev–Trinajstić information content (AvgIpc) is 3.13. The van der Waals surface area contributed by atoms with Gasteiger partial charge in [0.2, 0.25) is 0 Å². The fourth-order valence-electron chi connectivity index (χ4n) is 3.26. The number of nitrogens with two attached hydrogens (primary N) is 1. The largest absolute Gasteiger partial charge is 0.396 e. The third kappa shape index (κ3) is 3.40. The molecule has 2 aromatic carbocycles. The molecule has 0 unspecified atom stereocenters. The van der Waals surface area contributed by atoms with Crippen LogP contribution in [-0.2, 0) is 0 Å². The van der Waals surface area contributed by atoms with Gasteiger partial charge in [0, 0.05) is 17.1 Å². The smallest absolute Gasteiger partial charge is 0.198 e. The van der Waals surface area contributed by atoms with E-state index in [2.05, 4.69) is 25.9 Å². The average molecular weight is 525 g/mol. The van der Waals surface area contributed by atoms with Gasteiger partial charge in [-0.1, -0.05) is 29.3 Å². The summed E-state index contributed by atoms with van der Waals surface area (Å²) in [5.74, 6) is -2.64. The van der Waals surface area contributed by atoms with Crippen LogP contribution in [-0.4, -0.2) is 22.0 Å². The highest BCUT2D eigenvalue weighted by Gasteiger charge is 2.29. The molecule has 5 nitrogen and oxygen atoms in total. The van der Waals surface area contributed by atoms with E-state index in [-0.39, 0.29) is 53.6 Å². The molecule has 0 saturated carbocycles. The number of rotatable bonds is 4. The second-order valence-corrected chi connectivity index (χ2v) is 8.09. The molecule has 0 spiro atoms. The van der Waals surface area contributed by atoms with Gasteiger partial charge in [-0.05, 0) is 40.2 Å². The molecule has 0 saturated heterocycles. The standard InChI is InChI=1S/C21H10BrCl2F2N3O2/c22-17-16(20(31)14-9(23)2-1-3-10(14)24)13-8(7-30)6-28-21(13)29-19(17)15-11(25)4-5-12(27)18(15)26/h1-7H,27H2,(H,28,29). The monoisotopic (exact) mass is 523 g/mol. The van der Waals surface area contributed by atoms with Crippen molar-refractivity contribution in [3.05, 3.63) is 79.4 Å². The molecule has 31 heavy (non-hydrogen) atoms. The van der Waals surface area contributed by atoms with Crippen molar-refractivity contribution in [1.29, 1.82) is 0 Å². The molecular weight excluding hydrogens is 515 g/mol. The molecule has 10 heteroatoms. The molecule has 0 amide bonds. The van der Waals surface area contributed by atoms with Crippen LogP contribution in [0, 0.1) is 11.6 Å². The van der Waals surface area contributed by atoms with Crippen molar-refractivity contribution >= 4 is 67.9 Å². The second-order valence-electron chi connectivity index (χ2n) is 6.49. The number of hydrogen-bond donors (Lipinski definition) is 2. The number of nitrogens with zero attached hydrogens (tertiary/aromatic N) is 1. The highest BCUT2D eigenvalue weighted by molar-refractivity contribution is 9.10. The molecule has 3 N–H and O–H groups in total. The molecule has 0 radical (unpaired) electrons. The predicted octanol–water partition coefficient (Wildman–Crippen LogP) is 6.20. The molecule has 4 rings (SSSR count). The third-order valence-electron chi connectivity index (χ3n) is 4.69. The summed E-state index contributed by atoms with van der Waals surface area (Å²) in [4.78, 5) is 32.1. The van der Waals surface area contributed by atoms with Gasteiger partial charge in [-0.3, -0.25) is 9.59 Å². The Morgan fingerprint density at radius 1 is 1.13 bits per heavy atom. The minimum Gasteiger partial charge on any atom is -0.396 e. The molecule has 0 aliphatic rings. The van der Waals surface area contributed by atoms with Gasteiger partial charge in [0.25, 0.3) is 0 Å². The van der Waals surface area contributed by atoms with Crippen molar-refractivity contribution in [2.24, 2.45) is 0 Å². The number of ketones is 1. The minimum atomic E-state index is -1.04. The zero-order chi connectivity index (χ0) is 22.4. The molecular formula is C21H10BrCl2F2N3O2. The van der Waals surface area contributed by atoms with Gasteiger partial charge in [0.1, 0.15) is 11.5 Å². The second kappa shape index (κ2) is 8.03. The highest BCUT2D eigenvalue weighted by atomic mass is 79.9. The number of nitrogens with one attached hydrogen (secondary N) is 1. The van der Waals surface area contributed by atoms with Gasteiger partial charge in [-0.25, -0.2) is 13.8 Å². The van der Waals surface area contributed by atoms with Crippen LogP contribution in [0.3, 0.4) is 0 Å². The minimum absolute atomic E-state index is 0.0310. The fraction of sp³-hybridized carbons (Fsp3) is 0. The topological polar surface area (TPSA) is 88.8 Å². The zero-order valence-electron chi connectivity index (χ0n) is 15.3. The molecule has 0 aliphatic heterocycles. The summed E-state index contributed by atoms with van der Waals surface area (Å²) >= 11 is 15.7. The van der Waals surface area contributed by atoms with Gasteiger partial charge < -0.3 is 10.7 Å². The van der Waals surface area contributed by atoms with Crippen LogP contribution in [0.2, 0.25) is 10.0 Å². The van der Waals surface area contributed by atoms with Crippen molar-refractivity contribution in [3.8, 4) is 11.3 Å². The quantitative estimate of drug-likeness (QED) is 0.189. The Balaban J connectivity index is 2.14. The first kappa shape index (κ1) is 21.4. The Kier molecular flexibility index (Phi) is 5.55. The lowest BCUT2D eigenvalue weighted by molar-refractivity contribution is 0.103. The number of nitrogen functional groups attached to an aromatic ring is 1. The first-order valence-electron chi connectivity index (χ1n) is 8.64. The summed E-state index contributed by atoms with van der Waals surface area (Å²) in [6.07, 6.45) is 1.86. The number of H-pyrrole nitrogens is 1. The molecule has 2 heterocycles. The molecule has 0 bridgehead atoms. The maximum atomic E-state index is 14.8. The number of hydrogen-bond acceptors (Lipinski definition) is 4. The number of fused-ring (bicyclic) bond motifs is 1. The van der Waals surface area contributed by atoms with E-state index < -0.39 is 23.0 Å². The Labute approximate surface area is 192 Å². The lowest BCUT2D eigenvalue weighted by Crippen LogP contribution is -2.09. The van der Waals surface area contributed by atoms with Gasteiger partial charge >= 0.3 is 0 Å². The molecule has 0 fully saturated rings. The maximum Gasteiger partial charge on any atom is 0.198 e. The van der Waals surface area contributed by atoms with Crippen molar-refractivity contribution in [2.45, 2.75) is 0 Å². The third-order valence-corrected chi connectivity index (χ3v) is 6.09. The van der Waals surface area contributed by atoms with Gasteiger partial charge in [-0.15, -0.1) is 0 Å². The molecule has 0 aliphatic carbocycles. The van der Waals surface area contributed by atoms with E-state index in [1.165, 1.54) is 18.3 Å². The van der Waals surface area contributed by atoms with Gasteiger partial charge in [0.15, 0.2) is 17.9 Å². The van der Waals surface area contributed by atoms with Crippen molar-refractivity contribution in [3.63, 3.8) is 0 Å². The highest BCUT2D eigenvalue weighted by Crippen LogP contribution is 2.40. The summed E-state index contributed by atoms with van der Waals surface area (Å²) in [7, 11) is 0. The SMILES string of the molecule is Nc1ccc(F)c(-c2nc3[nH]cc(C=O)c3c(C(=O)c3c(Cl)cccc3Cl)c2Br)c1F. The lowest BCUT2D eigenvalue weighted by Gasteiger charge is -2.14. The number of carbonyl (C=O) groups is 2. The summed E-state index contributed by atoms with van der Waals surface area (Å²) in [6, 6.07) is 6.58. The number of aromatic nitrogens is 2. The number of carbonyl (C=O) groups excluding carboxylic acids is 2. The Bertz CT molecular complexity index is 1390. The van der Waals surface area contributed by atoms with Crippen LogP contribution < -0.4 is 5.73 Å². The molecule has 4 aromatic rings. The number of aromatic amines is 1. The number of pyridine rings is 1. The molecule has 0 atom stereocenters. The van der Waals surface area contributed by atoms with Crippen molar-refractivity contribution < 1.29 is 18.4 Å². The maximum absolute atomic E-state index is 14.8. The van der Waals surface area contributed by atoms with Crippen molar-refractivity contribution in [2.75, 3.05) is 5.73 Å². The first-order valence-corrected chi connectivity index (χ1v) is 10.2.